The van der Waals surface area contributed by atoms with Crippen LogP contribution in [-0.4, -0.2) is 43.3 Å². The van der Waals surface area contributed by atoms with Gasteiger partial charge in [-0.05, 0) is 14.0 Å². The Hall–Kier alpha value is -0.790. The van der Waals surface area contributed by atoms with E-state index < -0.39 is 24.0 Å². The first-order chi connectivity index (χ1) is 6.43. The zero-order valence-corrected chi connectivity index (χ0v) is 8.17. The van der Waals surface area contributed by atoms with E-state index in [1.165, 1.54) is 12.5 Å². The molecule has 2 atom stereocenters. The van der Waals surface area contributed by atoms with Crippen LogP contribution in [0.15, 0.2) is 0 Å². The summed E-state index contributed by atoms with van der Waals surface area (Å²) in [7, 11) is 2.39. The molecule has 0 saturated carbocycles. The Morgan fingerprint density at radius 3 is 2.29 bits per heavy atom. The van der Waals surface area contributed by atoms with E-state index in [4.69, 9.17) is 5.21 Å². The van der Waals surface area contributed by atoms with Crippen molar-refractivity contribution in [3.63, 3.8) is 0 Å². The minimum Gasteiger partial charge on any atom is -0.370 e. The Bertz CT molecular complexity index is 203. The quantitative estimate of drug-likeness (QED) is 0.434. The summed E-state index contributed by atoms with van der Waals surface area (Å²) in [6, 6.07) is -1.34. The number of ether oxygens (including phenoxy) is 1. The maximum atomic E-state index is 12.6. The maximum absolute atomic E-state index is 12.6. The van der Waals surface area contributed by atoms with Gasteiger partial charge in [0, 0.05) is 7.11 Å². The minimum absolute atomic E-state index is 0.975. The summed E-state index contributed by atoms with van der Waals surface area (Å²) in [5.41, 5.74) is -0.688. The van der Waals surface area contributed by atoms with Gasteiger partial charge in [-0.15, -0.1) is 0 Å². The largest absolute Gasteiger partial charge is 0.370 e. The molecule has 0 spiro atoms. The van der Waals surface area contributed by atoms with Gasteiger partial charge >= 0.3 is 0 Å². The van der Waals surface area contributed by atoms with Crippen molar-refractivity contribution < 1.29 is 23.5 Å². The van der Waals surface area contributed by atoms with Crippen LogP contribution in [0.25, 0.3) is 0 Å². The van der Waals surface area contributed by atoms with Crippen molar-refractivity contribution in [2.24, 2.45) is 0 Å². The number of nitrogens with one attached hydrogen (secondary N) is 2. The molecule has 14 heavy (non-hydrogen) atoms. The Morgan fingerprint density at radius 2 is 2.07 bits per heavy atom. The van der Waals surface area contributed by atoms with Gasteiger partial charge in [0.15, 0.2) is 0 Å². The smallest absolute Gasteiger partial charge is 0.268 e. The fraction of sp³-hybridized carbons (Fsp3) is 0.857. The molecule has 84 valence electrons. The van der Waals surface area contributed by atoms with E-state index in [2.05, 4.69) is 10.1 Å². The molecule has 1 amide bonds. The van der Waals surface area contributed by atoms with Crippen molar-refractivity contribution in [2.45, 2.75) is 25.0 Å². The second kappa shape index (κ2) is 5.18. The van der Waals surface area contributed by atoms with Crippen LogP contribution in [0, 0.1) is 0 Å². The van der Waals surface area contributed by atoms with Gasteiger partial charge < -0.3 is 10.1 Å². The van der Waals surface area contributed by atoms with Gasteiger partial charge in [0.1, 0.15) is 11.6 Å². The summed E-state index contributed by atoms with van der Waals surface area (Å²) in [6.07, 6.45) is -2.86. The third-order valence-electron chi connectivity index (χ3n) is 2.11. The molecule has 0 aromatic carbocycles. The van der Waals surface area contributed by atoms with Gasteiger partial charge in [0.05, 0.1) is 0 Å². The van der Waals surface area contributed by atoms with Crippen molar-refractivity contribution in [3.8, 4) is 0 Å². The van der Waals surface area contributed by atoms with E-state index in [1.54, 1.807) is 0 Å². The number of alkyl halides is 2. The Kier molecular flexibility index (Phi) is 4.89. The molecule has 3 N–H and O–H groups in total. The molecule has 0 aromatic rings. The van der Waals surface area contributed by atoms with Crippen molar-refractivity contribution >= 4 is 5.91 Å². The van der Waals surface area contributed by atoms with Gasteiger partial charge in [0.25, 0.3) is 12.3 Å². The SMILES string of the molecule is CNC(C(=O)NO)C(C)(OC)C(F)F. The van der Waals surface area contributed by atoms with E-state index in [0.717, 1.165) is 14.0 Å². The molecule has 0 aliphatic rings. The first-order valence-corrected chi connectivity index (χ1v) is 3.88. The highest BCUT2D eigenvalue weighted by Gasteiger charge is 2.46. The second-order valence-electron chi connectivity index (χ2n) is 2.89. The van der Waals surface area contributed by atoms with Crippen LogP contribution in [0.1, 0.15) is 6.92 Å². The molecule has 5 nitrogen and oxygen atoms in total. The van der Waals surface area contributed by atoms with Crippen molar-refractivity contribution in [1.82, 2.24) is 10.8 Å². The third kappa shape index (κ3) is 2.37. The molecule has 0 radical (unpaired) electrons. The molecule has 0 heterocycles. The van der Waals surface area contributed by atoms with Crippen molar-refractivity contribution in [1.29, 1.82) is 0 Å². The number of carbonyl (C=O) groups is 1. The number of carbonyl (C=O) groups excluding carboxylic acids is 1. The van der Waals surface area contributed by atoms with E-state index in [1.807, 2.05) is 0 Å². The number of hydrogen-bond acceptors (Lipinski definition) is 4. The summed E-state index contributed by atoms with van der Waals surface area (Å²) in [4.78, 5) is 11.0. The van der Waals surface area contributed by atoms with Crippen molar-refractivity contribution in [2.75, 3.05) is 14.2 Å². The summed E-state index contributed by atoms with van der Waals surface area (Å²) < 4.78 is 29.8. The standard InChI is InChI=1S/C7H14F2N2O3/c1-7(14-3,6(8)9)4(10-2)5(12)11-13/h4,6,10,13H,1-3H3,(H,11,12). The molecular weight excluding hydrogens is 198 g/mol. The van der Waals surface area contributed by atoms with Gasteiger partial charge in [0.2, 0.25) is 0 Å². The number of hydroxylamine groups is 1. The summed E-state index contributed by atoms with van der Waals surface area (Å²) >= 11 is 0. The highest BCUT2D eigenvalue weighted by molar-refractivity contribution is 5.82. The zero-order valence-electron chi connectivity index (χ0n) is 8.17. The number of rotatable bonds is 5. The molecule has 7 heteroatoms. The Labute approximate surface area is 80.4 Å². The van der Waals surface area contributed by atoms with Gasteiger partial charge in [-0.3, -0.25) is 10.0 Å². The lowest BCUT2D eigenvalue weighted by Crippen LogP contribution is -2.60. The predicted molar refractivity (Wildman–Crippen MR) is 44.2 cm³/mol. The zero-order chi connectivity index (χ0) is 11.4. The normalized spacial score (nSPS) is 17.6. The van der Waals surface area contributed by atoms with Crippen LogP contribution < -0.4 is 10.8 Å². The van der Waals surface area contributed by atoms with Gasteiger partial charge in [-0.25, -0.2) is 14.3 Å². The molecule has 0 bridgehead atoms. The highest BCUT2D eigenvalue weighted by Crippen LogP contribution is 2.23. The molecule has 2 unspecified atom stereocenters. The monoisotopic (exact) mass is 212 g/mol. The molecule has 0 aromatic heterocycles. The van der Waals surface area contributed by atoms with Gasteiger partial charge in [-0.1, -0.05) is 0 Å². The summed E-state index contributed by atoms with van der Waals surface area (Å²) in [6.45, 7) is 1.08. The van der Waals surface area contributed by atoms with Crippen LogP contribution >= 0.6 is 0 Å². The van der Waals surface area contributed by atoms with E-state index in [-0.39, 0.29) is 0 Å². The van der Waals surface area contributed by atoms with E-state index in [0.29, 0.717) is 0 Å². The predicted octanol–water partition coefficient (Wildman–Crippen LogP) is -0.250. The first-order valence-electron chi connectivity index (χ1n) is 3.88. The maximum Gasteiger partial charge on any atom is 0.268 e. The number of hydrogen-bond donors (Lipinski definition) is 3. The van der Waals surface area contributed by atoms with Gasteiger partial charge in [-0.2, -0.15) is 0 Å². The topological polar surface area (TPSA) is 70.6 Å². The summed E-state index contributed by atoms with van der Waals surface area (Å²) in [5, 5.41) is 10.7. The summed E-state index contributed by atoms with van der Waals surface area (Å²) in [5.74, 6) is -0.975. The lowest BCUT2D eigenvalue weighted by molar-refractivity contribution is -0.157. The number of methoxy groups -OCH3 is 1. The van der Waals surface area contributed by atoms with Crippen LogP contribution in [0.3, 0.4) is 0 Å². The van der Waals surface area contributed by atoms with Crippen LogP contribution in [0.2, 0.25) is 0 Å². The first kappa shape index (κ1) is 13.2. The second-order valence-corrected chi connectivity index (χ2v) is 2.89. The fourth-order valence-electron chi connectivity index (χ4n) is 1.08. The highest BCUT2D eigenvalue weighted by atomic mass is 19.3. The molecule has 0 rings (SSSR count). The molecule has 0 saturated heterocycles. The van der Waals surface area contributed by atoms with Crippen LogP contribution in [0.4, 0.5) is 8.78 Å². The number of halogens is 2. The average molecular weight is 212 g/mol. The molecule has 0 aliphatic heterocycles. The number of likely N-dealkylation sites (N-methyl/N-ethyl adjacent to an activating group) is 1. The van der Waals surface area contributed by atoms with Crippen molar-refractivity contribution in [3.05, 3.63) is 0 Å². The number of amides is 1. The molecular formula is C7H14F2N2O3. The fourth-order valence-corrected chi connectivity index (χ4v) is 1.08. The molecule has 0 fully saturated rings. The lowest BCUT2D eigenvalue weighted by Gasteiger charge is -2.33. The molecule has 0 aliphatic carbocycles. The minimum atomic E-state index is -2.86. The van der Waals surface area contributed by atoms with E-state index in [9.17, 15) is 13.6 Å². The van der Waals surface area contributed by atoms with Crippen LogP contribution in [-0.2, 0) is 9.53 Å². The Balaban J connectivity index is 4.86. The lowest BCUT2D eigenvalue weighted by atomic mass is 9.96. The average Bonchev–Trinajstić information content (AvgIpc) is 2.17. The third-order valence-corrected chi connectivity index (χ3v) is 2.11. The van der Waals surface area contributed by atoms with E-state index >= 15 is 0 Å². The Morgan fingerprint density at radius 1 is 1.57 bits per heavy atom. The van der Waals surface area contributed by atoms with Crippen LogP contribution in [0.5, 0.6) is 0 Å².